The van der Waals surface area contributed by atoms with E-state index in [2.05, 4.69) is 25.3 Å². The molecule has 26 heavy (non-hydrogen) atoms. The number of carboxylic acids is 1. The molecule has 1 atom stereocenters. The third-order valence-corrected chi connectivity index (χ3v) is 6.24. The number of benzene rings is 1. The van der Waals surface area contributed by atoms with Gasteiger partial charge in [-0.15, -0.1) is 0 Å². The monoisotopic (exact) mass is 447 g/mol. The Morgan fingerprint density at radius 1 is 1.23 bits per heavy atom. The smallest absolute Gasteiger partial charge is 0.356 e. The molecule has 1 aromatic carbocycles. The summed E-state index contributed by atoms with van der Waals surface area (Å²) in [5.74, 6) is -0.774. The average Bonchev–Trinajstić information content (AvgIpc) is 2.74. The van der Waals surface area contributed by atoms with Gasteiger partial charge in [-0.3, -0.25) is 9.36 Å². The molecule has 1 aliphatic heterocycles. The number of halogens is 1. The predicted octanol–water partition coefficient (Wildman–Crippen LogP) is -0.0752. The molecule has 0 saturated heterocycles. The molecule has 1 unspecified atom stereocenters. The minimum absolute atomic E-state index is 0. The molecule has 8 heteroatoms. The third kappa shape index (κ3) is 4.63. The van der Waals surface area contributed by atoms with Crippen molar-refractivity contribution in [2.75, 3.05) is 6.54 Å². The third-order valence-electron chi connectivity index (χ3n) is 5.29. The van der Waals surface area contributed by atoms with E-state index in [9.17, 15) is 19.1 Å². The molecule has 1 aromatic rings. The van der Waals surface area contributed by atoms with Crippen LogP contribution < -0.4 is 22.3 Å². The van der Waals surface area contributed by atoms with E-state index in [0.29, 0.717) is 6.42 Å². The number of aliphatic carboxylic acids is 1. The van der Waals surface area contributed by atoms with Crippen LogP contribution in [0.3, 0.4) is 0 Å². The van der Waals surface area contributed by atoms with Gasteiger partial charge in [-0.2, -0.15) is 4.58 Å². The van der Waals surface area contributed by atoms with Crippen molar-refractivity contribution in [2.45, 2.75) is 58.3 Å². The van der Waals surface area contributed by atoms with E-state index in [1.54, 1.807) is 12.1 Å². The van der Waals surface area contributed by atoms with Crippen molar-refractivity contribution in [2.24, 2.45) is 0 Å². The van der Waals surface area contributed by atoms with Crippen molar-refractivity contribution in [1.82, 2.24) is 0 Å². The first-order chi connectivity index (χ1) is 11.6. The standard InChI is InChI=1S/C18H26NO5P.BrH/c1-4-19-13(2)18(3,11-7-5-6-8-17(20)21)15-12-14(25(22,23)24)9-10-16(15)19;/h9-10,12H,4-8,11H2,1-3H3,(H2-,20,21,22,23,24);1H. The van der Waals surface area contributed by atoms with E-state index < -0.39 is 13.6 Å². The first-order valence-corrected chi connectivity index (χ1v) is 10.3. The lowest BCUT2D eigenvalue weighted by atomic mass is 9.76. The summed E-state index contributed by atoms with van der Waals surface area (Å²) in [5.41, 5.74) is 2.84. The van der Waals surface area contributed by atoms with Crippen molar-refractivity contribution >= 4 is 30.3 Å². The van der Waals surface area contributed by atoms with E-state index in [1.165, 1.54) is 11.8 Å². The van der Waals surface area contributed by atoms with E-state index in [1.807, 2.05) is 0 Å². The molecule has 146 valence electrons. The fourth-order valence-electron chi connectivity index (χ4n) is 3.71. The van der Waals surface area contributed by atoms with E-state index in [0.717, 1.165) is 37.1 Å². The molecule has 6 nitrogen and oxygen atoms in total. The van der Waals surface area contributed by atoms with Crippen LogP contribution >= 0.6 is 7.60 Å². The zero-order valence-electron chi connectivity index (χ0n) is 15.4. The summed E-state index contributed by atoms with van der Waals surface area (Å²) in [6.45, 7) is 7.03. The van der Waals surface area contributed by atoms with Crippen molar-refractivity contribution in [1.29, 1.82) is 0 Å². The summed E-state index contributed by atoms with van der Waals surface area (Å²) in [6.07, 6.45) is 3.36. The van der Waals surface area contributed by atoms with E-state index >= 15 is 0 Å². The first kappa shape index (κ1) is 23.0. The number of unbranched alkanes of at least 4 members (excludes halogenated alkanes) is 2. The van der Waals surface area contributed by atoms with Crippen molar-refractivity contribution in [3.05, 3.63) is 23.8 Å². The lowest BCUT2D eigenvalue weighted by molar-refractivity contribution is -0.434. The zero-order chi connectivity index (χ0) is 18.8. The number of hydrogen-bond acceptors (Lipinski definition) is 2. The highest BCUT2D eigenvalue weighted by molar-refractivity contribution is 7.60. The van der Waals surface area contributed by atoms with Crippen LogP contribution in [0.4, 0.5) is 5.69 Å². The molecular weight excluding hydrogens is 421 g/mol. The second-order valence-electron chi connectivity index (χ2n) is 6.86. The van der Waals surface area contributed by atoms with Gasteiger partial charge in [0.15, 0.2) is 5.71 Å². The summed E-state index contributed by atoms with van der Waals surface area (Å²) in [4.78, 5) is 29.7. The molecule has 1 heterocycles. The Morgan fingerprint density at radius 3 is 2.42 bits per heavy atom. The molecule has 0 aromatic heterocycles. The van der Waals surface area contributed by atoms with Gasteiger partial charge in [0.05, 0.1) is 10.7 Å². The highest BCUT2D eigenvalue weighted by atomic mass is 79.9. The van der Waals surface area contributed by atoms with Gasteiger partial charge in [-0.1, -0.05) is 12.8 Å². The number of carboxylic acid groups (broad SMARTS) is 1. The Balaban J connectivity index is 0.00000338. The lowest BCUT2D eigenvalue weighted by Gasteiger charge is -2.22. The van der Waals surface area contributed by atoms with Crippen LogP contribution in [0.15, 0.2) is 18.2 Å². The highest BCUT2D eigenvalue weighted by Crippen LogP contribution is 2.44. The maximum atomic E-state index is 11.7. The molecule has 2 rings (SSSR count). The summed E-state index contributed by atoms with van der Waals surface area (Å²) in [5, 5.41) is 8.79. The predicted molar refractivity (Wildman–Crippen MR) is 97.3 cm³/mol. The maximum Gasteiger partial charge on any atom is 0.356 e. The van der Waals surface area contributed by atoms with Gasteiger partial charge >= 0.3 is 13.6 Å². The van der Waals surface area contributed by atoms with Gasteiger partial charge in [0.2, 0.25) is 5.69 Å². The largest absolute Gasteiger partial charge is 1.00 e. The van der Waals surface area contributed by atoms with Crippen LogP contribution in [-0.2, 0) is 14.8 Å². The van der Waals surface area contributed by atoms with Crippen LogP contribution in [0.2, 0.25) is 0 Å². The Hall–Kier alpha value is -1.01. The zero-order valence-corrected chi connectivity index (χ0v) is 17.9. The minimum atomic E-state index is -4.30. The molecule has 1 aliphatic rings. The second-order valence-corrected chi connectivity index (χ2v) is 8.47. The van der Waals surface area contributed by atoms with Crippen LogP contribution in [0.5, 0.6) is 0 Å². The fourth-order valence-corrected chi connectivity index (χ4v) is 4.28. The Labute approximate surface area is 164 Å². The molecule has 0 radical (unpaired) electrons. The topological polar surface area (TPSA) is 97.8 Å². The van der Waals surface area contributed by atoms with Gasteiger partial charge in [-0.05, 0) is 38.8 Å². The number of hydrogen-bond donors (Lipinski definition) is 3. The Kier molecular flexibility index (Phi) is 7.78. The molecular formula is C18H27BrNO5P. The number of rotatable bonds is 8. The molecule has 0 bridgehead atoms. The Bertz CT molecular complexity index is 758. The number of fused-ring (bicyclic) bond motifs is 1. The number of carbonyl (C=O) groups is 1. The first-order valence-electron chi connectivity index (χ1n) is 8.65. The van der Waals surface area contributed by atoms with Crippen LogP contribution in [0.25, 0.3) is 0 Å². The van der Waals surface area contributed by atoms with Gasteiger partial charge in [-0.25, -0.2) is 0 Å². The lowest BCUT2D eigenvalue weighted by Crippen LogP contribution is -3.00. The molecule has 3 N–H and O–H groups in total. The SMILES string of the molecule is CC[N+]1=C(C)C(C)(CCCCCC(=O)O)c2cc(P(=O)(O)O)ccc21.[Br-]. The summed E-state index contributed by atoms with van der Waals surface area (Å²) in [7, 11) is -4.30. The molecule has 0 aliphatic carbocycles. The van der Waals surface area contributed by atoms with E-state index in [4.69, 9.17) is 5.11 Å². The molecule has 0 spiro atoms. The minimum Gasteiger partial charge on any atom is -1.00 e. The summed E-state index contributed by atoms with van der Waals surface area (Å²) < 4.78 is 13.8. The number of nitrogens with zero attached hydrogens (tertiary/aromatic N) is 1. The molecule has 0 saturated carbocycles. The molecule has 0 fully saturated rings. The van der Waals surface area contributed by atoms with Crippen molar-refractivity contribution in [3.63, 3.8) is 0 Å². The van der Waals surface area contributed by atoms with Gasteiger partial charge < -0.3 is 31.9 Å². The van der Waals surface area contributed by atoms with Crippen LogP contribution in [0.1, 0.15) is 58.4 Å². The van der Waals surface area contributed by atoms with Crippen LogP contribution in [0, 0.1) is 0 Å². The highest BCUT2D eigenvalue weighted by Gasteiger charge is 2.46. The summed E-state index contributed by atoms with van der Waals surface area (Å²) in [6, 6.07) is 4.95. The normalized spacial score (nSPS) is 19.3. The Morgan fingerprint density at radius 2 is 1.88 bits per heavy atom. The molecule has 0 amide bonds. The van der Waals surface area contributed by atoms with Gasteiger partial charge in [0.1, 0.15) is 6.54 Å². The maximum absolute atomic E-state index is 11.7. The van der Waals surface area contributed by atoms with Crippen molar-refractivity contribution < 1.29 is 45.8 Å². The average molecular weight is 448 g/mol. The van der Waals surface area contributed by atoms with Gasteiger partial charge in [0, 0.05) is 25.0 Å². The fraction of sp³-hybridized carbons (Fsp3) is 0.556. The van der Waals surface area contributed by atoms with Gasteiger partial charge in [0.25, 0.3) is 0 Å². The quantitative estimate of drug-likeness (QED) is 0.294. The second kappa shape index (κ2) is 8.79. The van der Waals surface area contributed by atoms with E-state index in [-0.39, 0.29) is 34.1 Å². The van der Waals surface area contributed by atoms with Crippen LogP contribution in [-0.4, -0.2) is 37.7 Å². The summed E-state index contributed by atoms with van der Waals surface area (Å²) >= 11 is 0. The van der Waals surface area contributed by atoms with Crippen molar-refractivity contribution in [3.8, 4) is 0 Å².